The summed E-state index contributed by atoms with van der Waals surface area (Å²) in [6.07, 6.45) is 5.47. The molecule has 0 bridgehead atoms. The molecule has 0 aliphatic carbocycles. The first-order valence-electron chi connectivity index (χ1n) is 7.57. The number of rotatable bonds is 4. The molecule has 4 nitrogen and oxygen atoms in total. The number of hydrazone groups is 1. The minimum absolute atomic E-state index is 0.868. The Morgan fingerprint density at radius 1 is 1.18 bits per heavy atom. The van der Waals surface area contributed by atoms with Crippen molar-refractivity contribution >= 4 is 17.8 Å². The van der Waals surface area contributed by atoms with E-state index in [0.717, 1.165) is 43.3 Å². The summed E-state index contributed by atoms with van der Waals surface area (Å²) in [5, 5.41) is 7.54. The van der Waals surface area contributed by atoms with E-state index in [0.29, 0.717) is 0 Å². The van der Waals surface area contributed by atoms with Gasteiger partial charge in [0.15, 0.2) is 0 Å². The van der Waals surface area contributed by atoms with Crippen LogP contribution in [-0.2, 0) is 6.54 Å². The van der Waals surface area contributed by atoms with Crippen LogP contribution in [0.4, 0.5) is 0 Å². The fraction of sp³-hybridized carbons (Fsp3) is 0.294. The molecule has 5 heteroatoms. The van der Waals surface area contributed by atoms with Gasteiger partial charge in [0.1, 0.15) is 6.54 Å². The molecule has 22 heavy (non-hydrogen) atoms. The predicted octanol–water partition coefficient (Wildman–Crippen LogP) is 1.47. The maximum absolute atomic E-state index is 6.24. The molecule has 1 aliphatic heterocycles. The van der Waals surface area contributed by atoms with Gasteiger partial charge in [0, 0.05) is 28.5 Å². The number of nitrogens with one attached hydrogen (secondary N) is 1. The van der Waals surface area contributed by atoms with Gasteiger partial charge in [0.05, 0.1) is 32.4 Å². The Kier molecular flexibility index (Phi) is 5.03. The minimum Gasteiger partial charge on any atom is -0.328 e. The molecule has 0 atom stereocenters. The fourth-order valence-electron chi connectivity index (χ4n) is 2.62. The van der Waals surface area contributed by atoms with Gasteiger partial charge in [-0.25, -0.2) is 0 Å². The van der Waals surface area contributed by atoms with Crippen molar-refractivity contribution in [2.45, 2.75) is 6.54 Å². The van der Waals surface area contributed by atoms with Crippen molar-refractivity contribution in [3.05, 3.63) is 64.9 Å². The molecule has 1 aliphatic rings. The Morgan fingerprint density at radius 3 is 2.73 bits per heavy atom. The van der Waals surface area contributed by atoms with Gasteiger partial charge in [0.25, 0.3) is 0 Å². The molecule has 0 radical (unpaired) electrons. The Bertz CT molecular complexity index is 622. The maximum Gasteiger partial charge on any atom is 0.104 e. The van der Waals surface area contributed by atoms with Crippen molar-refractivity contribution in [3.63, 3.8) is 0 Å². The quantitative estimate of drug-likeness (QED) is 0.867. The number of pyridine rings is 1. The molecular formula is C17H20ClN4+. The van der Waals surface area contributed by atoms with Crippen molar-refractivity contribution < 1.29 is 4.90 Å². The van der Waals surface area contributed by atoms with Crippen LogP contribution in [0, 0.1) is 0 Å². The third kappa shape index (κ3) is 4.06. The van der Waals surface area contributed by atoms with E-state index in [1.165, 1.54) is 5.56 Å². The number of aromatic nitrogens is 1. The van der Waals surface area contributed by atoms with Gasteiger partial charge in [-0.1, -0.05) is 35.9 Å². The summed E-state index contributed by atoms with van der Waals surface area (Å²) < 4.78 is 0. The number of nitrogens with zero attached hydrogens (tertiary/aromatic N) is 3. The molecule has 1 aromatic carbocycles. The molecule has 3 rings (SSSR count). The Morgan fingerprint density at radius 2 is 2.00 bits per heavy atom. The number of piperazine rings is 1. The van der Waals surface area contributed by atoms with Crippen molar-refractivity contribution in [2.24, 2.45) is 5.10 Å². The van der Waals surface area contributed by atoms with E-state index >= 15 is 0 Å². The SMILES string of the molecule is Clc1ccccc1C[NH+]1CCN(/N=C/c2cccnc2)CC1. The Hall–Kier alpha value is -1.91. The van der Waals surface area contributed by atoms with Crippen LogP contribution in [0.5, 0.6) is 0 Å². The molecule has 1 fully saturated rings. The minimum atomic E-state index is 0.868. The zero-order chi connectivity index (χ0) is 15.2. The van der Waals surface area contributed by atoms with Gasteiger partial charge in [0.2, 0.25) is 0 Å². The van der Waals surface area contributed by atoms with Gasteiger partial charge >= 0.3 is 0 Å². The number of benzene rings is 1. The normalized spacial score (nSPS) is 16.3. The lowest BCUT2D eigenvalue weighted by Crippen LogP contribution is -3.13. The van der Waals surface area contributed by atoms with E-state index < -0.39 is 0 Å². The molecular weight excluding hydrogens is 296 g/mol. The van der Waals surface area contributed by atoms with E-state index in [2.05, 4.69) is 27.2 Å². The summed E-state index contributed by atoms with van der Waals surface area (Å²) in [5.74, 6) is 0. The first-order chi connectivity index (χ1) is 10.8. The lowest BCUT2D eigenvalue weighted by Gasteiger charge is -2.30. The number of quaternary nitrogens is 1. The number of hydrogen-bond acceptors (Lipinski definition) is 3. The largest absolute Gasteiger partial charge is 0.328 e. The number of hydrogen-bond donors (Lipinski definition) is 1. The van der Waals surface area contributed by atoms with E-state index in [4.69, 9.17) is 11.6 Å². The Labute approximate surface area is 136 Å². The molecule has 2 heterocycles. The van der Waals surface area contributed by atoms with Crippen LogP contribution in [0.25, 0.3) is 0 Å². The molecule has 1 saturated heterocycles. The summed E-state index contributed by atoms with van der Waals surface area (Å²) in [4.78, 5) is 5.65. The van der Waals surface area contributed by atoms with Crippen molar-refractivity contribution in [1.82, 2.24) is 9.99 Å². The average Bonchev–Trinajstić information content (AvgIpc) is 2.57. The van der Waals surface area contributed by atoms with E-state index in [-0.39, 0.29) is 0 Å². The summed E-state index contributed by atoms with van der Waals surface area (Å²) >= 11 is 6.24. The third-order valence-corrected chi connectivity index (χ3v) is 4.27. The van der Waals surface area contributed by atoms with E-state index in [1.54, 1.807) is 11.1 Å². The highest BCUT2D eigenvalue weighted by atomic mass is 35.5. The van der Waals surface area contributed by atoms with Gasteiger partial charge in [-0.15, -0.1) is 0 Å². The van der Waals surface area contributed by atoms with Crippen LogP contribution in [-0.4, -0.2) is 42.4 Å². The topological polar surface area (TPSA) is 32.9 Å². The van der Waals surface area contributed by atoms with Crippen LogP contribution >= 0.6 is 11.6 Å². The van der Waals surface area contributed by atoms with Crippen LogP contribution < -0.4 is 4.90 Å². The van der Waals surface area contributed by atoms with Gasteiger partial charge in [-0.2, -0.15) is 5.10 Å². The second kappa shape index (κ2) is 7.38. The lowest BCUT2D eigenvalue weighted by atomic mass is 10.2. The highest BCUT2D eigenvalue weighted by Crippen LogP contribution is 2.13. The maximum atomic E-state index is 6.24. The van der Waals surface area contributed by atoms with Crippen LogP contribution in [0.2, 0.25) is 5.02 Å². The average molecular weight is 316 g/mol. The lowest BCUT2D eigenvalue weighted by molar-refractivity contribution is -0.918. The van der Waals surface area contributed by atoms with E-state index in [9.17, 15) is 0 Å². The zero-order valence-corrected chi connectivity index (χ0v) is 13.2. The summed E-state index contributed by atoms with van der Waals surface area (Å²) in [6, 6.07) is 12.0. The molecule has 114 valence electrons. The van der Waals surface area contributed by atoms with Gasteiger partial charge in [-0.3, -0.25) is 9.99 Å². The molecule has 2 aromatic rings. The zero-order valence-electron chi connectivity index (χ0n) is 12.5. The summed E-state index contributed by atoms with van der Waals surface area (Å²) in [5.41, 5.74) is 2.26. The smallest absolute Gasteiger partial charge is 0.104 e. The summed E-state index contributed by atoms with van der Waals surface area (Å²) in [7, 11) is 0. The van der Waals surface area contributed by atoms with Crippen molar-refractivity contribution in [2.75, 3.05) is 26.2 Å². The molecule has 0 saturated carbocycles. The van der Waals surface area contributed by atoms with Gasteiger partial charge < -0.3 is 4.90 Å². The molecule has 0 spiro atoms. The van der Waals surface area contributed by atoms with Crippen molar-refractivity contribution in [3.8, 4) is 0 Å². The highest BCUT2D eigenvalue weighted by molar-refractivity contribution is 6.31. The first-order valence-corrected chi connectivity index (χ1v) is 7.95. The van der Waals surface area contributed by atoms with Crippen LogP contribution in [0.3, 0.4) is 0 Å². The summed E-state index contributed by atoms with van der Waals surface area (Å²) in [6.45, 7) is 5.08. The monoisotopic (exact) mass is 315 g/mol. The molecule has 0 unspecified atom stereocenters. The Balaban J connectivity index is 1.50. The fourth-order valence-corrected chi connectivity index (χ4v) is 2.82. The second-order valence-corrected chi connectivity index (χ2v) is 5.91. The number of halogens is 1. The third-order valence-electron chi connectivity index (χ3n) is 3.90. The molecule has 0 amide bonds. The predicted molar refractivity (Wildman–Crippen MR) is 89.3 cm³/mol. The van der Waals surface area contributed by atoms with Crippen molar-refractivity contribution in [1.29, 1.82) is 0 Å². The van der Waals surface area contributed by atoms with Crippen LogP contribution in [0.15, 0.2) is 53.9 Å². The van der Waals surface area contributed by atoms with Gasteiger partial charge in [-0.05, 0) is 12.1 Å². The standard InChI is InChI=1S/C17H19ClN4/c18-17-6-2-1-5-16(17)14-21-8-10-22(11-9-21)20-13-15-4-3-7-19-12-15/h1-7,12-13H,8-11,14H2/p+1/b20-13+. The van der Waals surface area contributed by atoms with E-state index in [1.807, 2.05) is 36.7 Å². The molecule has 1 aromatic heterocycles. The van der Waals surface area contributed by atoms with Crippen LogP contribution in [0.1, 0.15) is 11.1 Å². The molecule has 1 N–H and O–H groups in total. The first kappa shape index (κ1) is 15.0. The second-order valence-electron chi connectivity index (χ2n) is 5.50. The highest BCUT2D eigenvalue weighted by Gasteiger charge is 2.19.